The molecule has 1 aromatic carbocycles. The maximum atomic E-state index is 12.8. The molecule has 0 unspecified atom stereocenters. The highest BCUT2D eigenvalue weighted by molar-refractivity contribution is 7.09. The lowest BCUT2D eigenvalue weighted by molar-refractivity contribution is 0.0683. The van der Waals surface area contributed by atoms with E-state index in [2.05, 4.69) is 10.9 Å². The Bertz CT molecular complexity index is 1050. The molecule has 0 spiro atoms. The van der Waals surface area contributed by atoms with E-state index in [0.29, 0.717) is 24.5 Å². The van der Waals surface area contributed by atoms with Gasteiger partial charge in [-0.15, -0.1) is 17.8 Å². The Morgan fingerprint density at radius 2 is 2.10 bits per heavy atom. The summed E-state index contributed by atoms with van der Waals surface area (Å²) in [6, 6.07) is 9.41. The molecule has 1 aliphatic rings. The normalized spacial score (nSPS) is 14.7. The lowest BCUT2D eigenvalue weighted by atomic mass is 9.97. The van der Waals surface area contributed by atoms with Crippen molar-refractivity contribution in [3.8, 4) is 12.3 Å². The van der Waals surface area contributed by atoms with Crippen LogP contribution < -0.4 is 0 Å². The number of terminal acetylenes is 1. The number of carbonyl (C=O) groups is 2. The Kier molecular flexibility index (Phi) is 5.36. The van der Waals surface area contributed by atoms with Crippen LogP contribution in [0.25, 0.3) is 11.0 Å². The van der Waals surface area contributed by atoms with Gasteiger partial charge in [-0.2, -0.15) is 0 Å². The van der Waals surface area contributed by atoms with Crippen molar-refractivity contribution in [2.75, 3.05) is 26.7 Å². The average molecular weight is 407 g/mol. The minimum atomic E-state index is -0.164. The van der Waals surface area contributed by atoms with Gasteiger partial charge in [-0.05, 0) is 25.0 Å². The van der Waals surface area contributed by atoms with Crippen LogP contribution in [0.1, 0.15) is 44.8 Å². The fraction of sp³-hybridized carbons (Fsp3) is 0.318. The molecule has 0 radical (unpaired) electrons. The lowest BCUT2D eigenvalue weighted by Gasteiger charge is -2.30. The van der Waals surface area contributed by atoms with Crippen molar-refractivity contribution in [3.63, 3.8) is 0 Å². The first-order chi connectivity index (χ1) is 14.1. The zero-order valence-electron chi connectivity index (χ0n) is 16.1. The summed E-state index contributed by atoms with van der Waals surface area (Å²) in [6.45, 7) is 1.54. The third kappa shape index (κ3) is 3.89. The maximum absolute atomic E-state index is 12.8. The average Bonchev–Trinajstić information content (AvgIpc) is 3.40. The van der Waals surface area contributed by atoms with Crippen LogP contribution in [0.4, 0.5) is 0 Å². The Labute approximate surface area is 173 Å². The van der Waals surface area contributed by atoms with Crippen molar-refractivity contribution in [2.45, 2.75) is 18.8 Å². The van der Waals surface area contributed by atoms with E-state index in [1.165, 1.54) is 16.2 Å². The van der Waals surface area contributed by atoms with Gasteiger partial charge in [-0.3, -0.25) is 9.59 Å². The molecule has 0 bridgehead atoms. The van der Waals surface area contributed by atoms with Crippen LogP contribution >= 0.6 is 11.3 Å². The van der Waals surface area contributed by atoms with Gasteiger partial charge >= 0.3 is 0 Å². The fourth-order valence-corrected chi connectivity index (χ4v) is 4.52. The van der Waals surface area contributed by atoms with Crippen molar-refractivity contribution in [3.05, 3.63) is 52.2 Å². The maximum Gasteiger partial charge on any atom is 0.289 e. The largest absolute Gasteiger partial charge is 0.451 e. The molecule has 2 amide bonds. The predicted molar refractivity (Wildman–Crippen MR) is 112 cm³/mol. The zero-order chi connectivity index (χ0) is 20.4. The number of likely N-dealkylation sites (tertiary alicyclic amines) is 1. The monoisotopic (exact) mass is 407 g/mol. The van der Waals surface area contributed by atoms with Crippen molar-refractivity contribution >= 4 is 34.1 Å². The van der Waals surface area contributed by atoms with Gasteiger partial charge in [0, 0.05) is 36.8 Å². The van der Waals surface area contributed by atoms with Gasteiger partial charge in [-0.25, -0.2) is 4.98 Å². The van der Waals surface area contributed by atoms with Gasteiger partial charge in [0.15, 0.2) is 5.76 Å². The number of rotatable bonds is 4. The molecule has 148 valence electrons. The molecule has 0 N–H and O–H groups in total. The number of hydrogen-bond donors (Lipinski definition) is 0. The van der Waals surface area contributed by atoms with E-state index >= 15 is 0 Å². The standard InChI is InChI=1S/C22H21N3O3S/c1-3-10-24(2)21(26)17-14-29-20(23-17)15-8-11-25(12-9-15)22(27)19-13-16-6-4-5-7-18(16)28-19/h1,4-7,13-15H,8-12H2,2H3. The van der Waals surface area contributed by atoms with E-state index in [-0.39, 0.29) is 24.3 Å². The SMILES string of the molecule is C#CCN(C)C(=O)c1csc(C2CCN(C(=O)c3cc4ccccc4o3)CC2)n1. The zero-order valence-corrected chi connectivity index (χ0v) is 16.9. The highest BCUT2D eigenvalue weighted by Gasteiger charge is 2.28. The highest BCUT2D eigenvalue weighted by Crippen LogP contribution is 2.31. The van der Waals surface area contributed by atoms with Crippen molar-refractivity contribution < 1.29 is 14.0 Å². The topological polar surface area (TPSA) is 66.7 Å². The van der Waals surface area contributed by atoms with Crippen LogP contribution in [-0.2, 0) is 0 Å². The molecule has 0 aliphatic carbocycles. The highest BCUT2D eigenvalue weighted by atomic mass is 32.1. The molecule has 29 heavy (non-hydrogen) atoms. The molecule has 6 nitrogen and oxygen atoms in total. The summed E-state index contributed by atoms with van der Waals surface area (Å²) < 4.78 is 5.71. The van der Waals surface area contributed by atoms with Crippen LogP contribution in [0.5, 0.6) is 0 Å². The molecular weight excluding hydrogens is 386 g/mol. The van der Waals surface area contributed by atoms with E-state index < -0.39 is 0 Å². The molecule has 1 fully saturated rings. The summed E-state index contributed by atoms with van der Waals surface area (Å²) in [5, 5.41) is 3.66. The summed E-state index contributed by atoms with van der Waals surface area (Å²) >= 11 is 1.50. The summed E-state index contributed by atoms with van der Waals surface area (Å²) in [4.78, 5) is 32.9. The number of carbonyl (C=O) groups excluding carboxylic acids is 2. The molecular formula is C22H21N3O3S. The smallest absolute Gasteiger partial charge is 0.289 e. The van der Waals surface area contributed by atoms with Crippen LogP contribution in [0.3, 0.4) is 0 Å². The second kappa shape index (κ2) is 8.10. The van der Waals surface area contributed by atoms with E-state index in [1.54, 1.807) is 18.5 Å². The summed E-state index contributed by atoms with van der Waals surface area (Å²) in [5.41, 5.74) is 1.16. The number of aromatic nitrogens is 1. The summed E-state index contributed by atoms with van der Waals surface area (Å²) in [7, 11) is 1.67. The molecule has 7 heteroatoms. The van der Waals surface area contributed by atoms with Gasteiger partial charge in [0.1, 0.15) is 11.3 Å². The van der Waals surface area contributed by atoms with Crippen LogP contribution in [-0.4, -0.2) is 53.3 Å². The van der Waals surface area contributed by atoms with Gasteiger partial charge in [0.05, 0.1) is 11.6 Å². The number of piperidine rings is 1. The third-order valence-electron chi connectivity index (χ3n) is 5.18. The second-order valence-electron chi connectivity index (χ2n) is 7.15. The molecule has 1 saturated heterocycles. The van der Waals surface area contributed by atoms with Crippen molar-refractivity contribution in [1.29, 1.82) is 0 Å². The first kappa shape index (κ1) is 19.2. The number of hydrogen-bond acceptors (Lipinski definition) is 5. The molecule has 4 rings (SSSR count). The number of thiazole rings is 1. The van der Waals surface area contributed by atoms with Gasteiger partial charge in [0.2, 0.25) is 0 Å². The van der Waals surface area contributed by atoms with E-state index in [1.807, 2.05) is 29.2 Å². The summed E-state index contributed by atoms with van der Waals surface area (Å²) in [5.74, 6) is 2.85. The van der Waals surface area contributed by atoms with E-state index in [4.69, 9.17) is 10.8 Å². The number of furan rings is 1. The minimum Gasteiger partial charge on any atom is -0.451 e. The number of fused-ring (bicyclic) bond motifs is 1. The Balaban J connectivity index is 1.39. The number of nitrogens with zero attached hydrogens (tertiary/aromatic N) is 3. The summed E-state index contributed by atoms with van der Waals surface area (Å²) in [6.07, 6.45) is 6.89. The molecule has 1 aliphatic heterocycles. The molecule has 2 aromatic heterocycles. The van der Waals surface area contributed by atoms with Gasteiger partial charge < -0.3 is 14.2 Å². The Hall–Kier alpha value is -3.11. The minimum absolute atomic E-state index is 0.0782. The van der Waals surface area contributed by atoms with Crippen molar-refractivity contribution in [1.82, 2.24) is 14.8 Å². The quantitative estimate of drug-likeness (QED) is 0.620. The number of para-hydroxylation sites is 1. The van der Waals surface area contributed by atoms with Gasteiger partial charge in [0.25, 0.3) is 11.8 Å². The Morgan fingerprint density at radius 3 is 2.83 bits per heavy atom. The molecule has 0 saturated carbocycles. The number of benzene rings is 1. The lowest BCUT2D eigenvalue weighted by Crippen LogP contribution is -2.37. The van der Waals surface area contributed by atoms with Crippen LogP contribution in [0, 0.1) is 12.3 Å². The molecule has 3 aromatic rings. The third-order valence-corrected chi connectivity index (χ3v) is 6.19. The van der Waals surface area contributed by atoms with E-state index in [9.17, 15) is 9.59 Å². The Morgan fingerprint density at radius 1 is 1.34 bits per heavy atom. The number of amides is 2. The van der Waals surface area contributed by atoms with Crippen LogP contribution in [0.2, 0.25) is 0 Å². The first-order valence-electron chi connectivity index (χ1n) is 9.49. The van der Waals surface area contributed by atoms with Crippen LogP contribution in [0.15, 0.2) is 40.1 Å². The predicted octanol–water partition coefficient (Wildman–Crippen LogP) is 3.61. The van der Waals surface area contributed by atoms with Gasteiger partial charge in [-0.1, -0.05) is 24.1 Å². The fourth-order valence-electron chi connectivity index (χ4n) is 3.55. The molecule has 3 heterocycles. The molecule has 0 atom stereocenters. The van der Waals surface area contributed by atoms with E-state index in [0.717, 1.165) is 28.8 Å². The van der Waals surface area contributed by atoms with Crippen molar-refractivity contribution in [2.24, 2.45) is 0 Å². The first-order valence-corrected chi connectivity index (χ1v) is 10.4. The second-order valence-corrected chi connectivity index (χ2v) is 8.04.